The fourth-order valence-electron chi connectivity index (χ4n) is 3.17. The molecule has 0 atom stereocenters. The molecule has 0 aliphatic carbocycles. The Bertz CT molecular complexity index is 884. The van der Waals surface area contributed by atoms with Crippen molar-refractivity contribution in [2.75, 3.05) is 31.1 Å². The third-order valence-corrected chi connectivity index (χ3v) is 4.83. The van der Waals surface area contributed by atoms with Crippen LogP contribution >= 0.6 is 0 Å². The molecule has 1 aliphatic heterocycles. The van der Waals surface area contributed by atoms with Gasteiger partial charge >= 0.3 is 0 Å². The molecule has 1 fully saturated rings. The molecule has 2 rings (SSSR count). The Labute approximate surface area is 189 Å². The number of unbranched alkanes of at least 4 members (excludes halogenated alkanes) is 1. The van der Waals surface area contributed by atoms with Crippen LogP contribution in [0.3, 0.4) is 0 Å². The Morgan fingerprint density at radius 2 is 2.00 bits per heavy atom. The molecule has 2 heterocycles. The number of aromatic nitrogens is 3. The third-order valence-electron chi connectivity index (χ3n) is 4.83. The van der Waals surface area contributed by atoms with Crippen LogP contribution in [0.1, 0.15) is 49.9 Å². The predicted molar refractivity (Wildman–Crippen MR) is 123 cm³/mol. The number of anilines is 1. The average molecular weight is 445 g/mol. The van der Waals surface area contributed by atoms with Gasteiger partial charge in [0, 0.05) is 51.8 Å². The maximum Gasteiger partial charge on any atom is 0.254 e. The molecule has 1 aliphatic rings. The second-order valence-electron chi connectivity index (χ2n) is 7.94. The first-order valence-corrected chi connectivity index (χ1v) is 10.9. The van der Waals surface area contributed by atoms with Crippen molar-refractivity contribution in [3.05, 3.63) is 53.9 Å². The quantitative estimate of drug-likeness (QED) is 0.340. The number of carbonyl (C=O) groups excluding carboxylic acids is 2. The lowest BCUT2D eigenvalue weighted by Gasteiger charge is -2.14. The molecule has 1 N–H and O–H groups in total. The fourth-order valence-corrected chi connectivity index (χ4v) is 3.17. The predicted octanol–water partition coefficient (Wildman–Crippen LogP) is 3.29. The van der Waals surface area contributed by atoms with Gasteiger partial charge in [-0.1, -0.05) is 5.57 Å². The standard InChI is InChI=1S/C23H33FN6O2/c1-19(2)14-21(24)17-29(18-31)10-5-4-9-25-23(32)20-15-26-22(30-11-6-7-12-30)8-13-28(3)27-16-20/h8,13-18H,4-7,9-12H2,1-3H3,(H,25,32)/b13-8?,20-15?,21-17+,26-22?,27-16?. The Morgan fingerprint density at radius 1 is 1.25 bits per heavy atom. The van der Waals surface area contributed by atoms with E-state index in [1.807, 2.05) is 12.3 Å². The number of halogens is 1. The number of carbonyl (C=O) groups is 2. The van der Waals surface area contributed by atoms with Gasteiger partial charge in [-0.2, -0.15) is 5.10 Å². The van der Waals surface area contributed by atoms with E-state index in [2.05, 4.69) is 20.3 Å². The van der Waals surface area contributed by atoms with E-state index in [-0.39, 0.29) is 5.91 Å². The summed E-state index contributed by atoms with van der Waals surface area (Å²) in [5, 5.41) is 7.09. The molecule has 8 nitrogen and oxygen atoms in total. The monoisotopic (exact) mass is 444 g/mol. The minimum Gasteiger partial charge on any atom is -0.357 e. The van der Waals surface area contributed by atoms with Gasteiger partial charge in [-0.15, -0.1) is 0 Å². The van der Waals surface area contributed by atoms with Gasteiger partial charge in [0.1, 0.15) is 11.6 Å². The highest BCUT2D eigenvalue weighted by atomic mass is 19.1. The smallest absolute Gasteiger partial charge is 0.254 e. The van der Waals surface area contributed by atoms with E-state index in [4.69, 9.17) is 0 Å². The molecular weight excluding hydrogens is 411 g/mol. The molecule has 0 radical (unpaired) electrons. The minimum atomic E-state index is -0.467. The molecule has 1 saturated heterocycles. The van der Waals surface area contributed by atoms with Crippen molar-refractivity contribution in [3.63, 3.8) is 0 Å². The van der Waals surface area contributed by atoms with Crippen LogP contribution in [0.2, 0.25) is 0 Å². The van der Waals surface area contributed by atoms with Crippen molar-refractivity contribution >= 4 is 18.1 Å². The van der Waals surface area contributed by atoms with E-state index in [0.717, 1.165) is 37.3 Å². The summed E-state index contributed by atoms with van der Waals surface area (Å²) in [5.41, 5.74) is 1.17. The first-order chi connectivity index (χ1) is 15.4. The lowest BCUT2D eigenvalue weighted by atomic mass is 10.2. The van der Waals surface area contributed by atoms with E-state index in [1.54, 1.807) is 31.8 Å². The summed E-state index contributed by atoms with van der Waals surface area (Å²) in [5.74, 6) is 0.0768. The van der Waals surface area contributed by atoms with Crippen LogP contribution < -0.4 is 10.2 Å². The van der Waals surface area contributed by atoms with Crippen LogP contribution in [0.25, 0.3) is 0 Å². The van der Waals surface area contributed by atoms with Gasteiger partial charge in [-0.25, -0.2) is 9.37 Å². The van der Waals surface area contributed by atoms with Crippen molar-refractivity contribution in [2.45, 2.75) is 39.5 Å². The molecule has 0 saturated carbocycles. The van der Waals surface area contributed by atoms with E-state index >= 15 is 0 Å². The summed E-state index contributed by atoms with van der Waals surface area (Å²) >= 11 is 0. The molecule has 0 unspecified atom stereocenters. The van der Waals surface area contributed by atoms with Gasteiger partial charge < -0.3 is 15.1 Å². The Morgan fingerprint density at radius 3 is 2.69 bits per heavy atom. The van der Waals surface area contributed by atoms with Crippen LogP contribution in [0, 0.1) is 0 Å². The zero-order valence-electron chi connectivity index (χ0n) is 19.1. The maximum absolute atomic E-state index is 13.7. The van der Waals surface area contributed by atoms with Crippen molar-refractivity contribution in [3.8, 4) is 0 Å². The summed E-state index contributed by atoms with van der Waals surface area (Å²) in [4.78, 5) is 31.7. The zero-order chi connectivity index (χ0) is 23.3. The van der Waals surface area contributed by atoms with E-state index in [1.165, 1.54) is 23.4 Å². The van der Waals surface area contributed by atoms with Crippen LogP contribution in [0.4, 0.5) is 10.2 Å². The lowest BCUT2D eigenvalue weighted by Crippen LogP contribution is -2.25. The Balaban J connectivity index is 1.91. The molecule has 1 aromatic heterocycles. The first kappa shape index (κ1) is 25.0. The van der Waals surface area contributed by atoms with Crippen LogP contribution in [-0.2, 0) is 11.8 Å². The topological polar surface area (TPSA) is 83.4 Å². The normalized spacial score (nSPS) is 13.4. The minimum absolute atomic E-state index is 0.268. The molecule has 1 aromatic rings. The molecule has 0 bridgehead atoms. The average Bonchev–Trinajstić information content (AvgIpc) is 3.29. The van der Waals surface area contributed by atoms with Crippen LogP contribution in [0.15, 0.2) is 48.3 Å². The highest BCUT2D eigenvalue weighted by molar-refractivity contribution is 5.93. The maximum atomic E-state index is 13.7. The lowest BCUT2D eigenvalue weighted by molar-refractivity contribution is -0.116. The molecule has 0 spiro atoms. The van der Waals surface area contributed by atoms with Gasteiger partial charge in [-0.3, -0.25) is 14.3 Å². The van der Waals surface area contributed by atoms with Gasteiger partial charge in [0.2, 0.25) is 6.41 Å². The Kier molecular flexibility index (Phi) is 10.4. The van der Waals surface area contributed by atoms with Crippen molar-refractivity contribution < 1.29 is 14.0 Å². The number of amides is 2. The molecular formula is C23H33FN6O2. The van der Waals surface area contributed by atoms with Crippen molar-refractivity contribution in [1.29, 1.82) is 0 Å². The van der Waals surface area contributed by atoms with Gasteiger partial charge in [0.05, 0.1) is 11.8 Å². The molecule has 2 amide bonds. The highest BCUT2D eigenvalue weighted by Crippen LogP contribution is 2.15. The number of nitrogens with one attached hydrogen (secondary N) is 1. The number of aryl methyl sites for hydroxylation is 1. The third kappa shape index (κ3) is 8.87. The summed E-state index contributed by atoms with van der Waals surface area (Å²) in [6, 6.07) is 1.90. The summed E-state index contributed by atoms with van der Waals surface area (Å²) in [7, 11) is 1.79. The first-order valence-electron chi connectivity index (χ1n) is 10.9. The number of hydrogen-bond acceptors (Lipinski definition) is 5. The largest absolute Gasteiger partial charge is 0.357 e. The molecule has 32 heavy (non-hydrogen) atoms. The number of nitrogens with zero attached hydrogens (tertiary/aromatic N) is 5. The van der Waals surface area contributed by atoms with E-state index in [0.29, 0.717) is 37.9 Å². The van der Waals surface area contributed by atoms with Crippen molar-refractivity contribution in [1.82, 2.24) is 25.0 Å². The van der Waals surface area contributed by atoms with E-state index < -0.39 is 5.83 Å². The number of allylic oxidation sites excluding steroid dienone is 3. The van der Waals surface area contributed by atoms with E-state index in [9.17, 15) is 14.0 Å². The zero-order valence-corrected chi connectivity index (χ0v) is 19.1. The Hall–Kier alpha value is -3.23. The fraction of sp³-hybridized carbons (Fsp3) is 0.478. The summed E-state index contributed by atoms with van der Waals surface area (Å²) < 4.78 is 15.3. The summed E-state index contributed by atoms with van der Waals surface area (Å²) in [6.07, 6.45) is 11.5. The molecule has 9 heteroatoms. The SMILES string of the molecule is CC(C)=C/C(F)=C\N(C=O)CCCCNC(=O)c1cnc(N2CCCC2)ccn(C)nc1. The molecule has 174 valence electrons. The van der Waals surface area contributed by atoms with Gasteiger partial charge in [-0.05, 0) is 51.7 Å². The number of rotatable bonds is 10. The van der Waals surface area contributed by atoms with Crippen LogP contribution in [0.5, 0.6) is 0 Å². The van der Waals surface area contributed by atoms with Gasteiger partial charge in [0.15, 0.2) is 0 Å². The van der Waals surface area contributed by atoms with Crippen molar-refractivity contribution in [2.24, 2.45) is 7.05 Å². The second-order valence-corrected chi connectivity index (χ2v) is 7.94. The molecule has 0 aromatic carbocycles. The second kappa shape index (κ2) is 13.2. The highest BCUT2D eigenvalue weighted by Gasteiger charge is 2.13. The number of hydrogen-bond donors (Lipinski definition) is 1. The van der Waals surface area contributed by atoms with Gasteiger partial charge in [0.25, 0.3) is 5.91 Å². The van der Waals surface area contributed by atoms with Crippen LogP contribution in [-0.4, -0.2) is 58.2 Å². The summed E-state index contributed by atoms with van der Waals surface area (Å²) in [6.45, 7) is 6.27.